The van der Waals surface area contributed by atoms with Crippen LogP contribution in [0.1, 0.15) is 4.88 Å². The summed E-state index contributed by atoms with van der Waals surface area (Å²) in [5.74, 6) is -2.28. The van der Waals surface area contributed by atoms with Crippen LogP contribution in [0.15, 0.2) is 35.5 Å². The van der Waals surface area contributed by atoms with Crippen LogP contribution in [0.3, 0.4) is 0 Å². The van der Waals surface area contributed by atoms with Crippen molar-refractivity contribution in [2.45, 2.75) is 6.61 Å². The maximum absolute atomic E-state index is 13.3. The smallest absolute Gasteiger partial charge is 0.270 e. The highest BCUT2D eigenvalue weighted by molar-refractivity contribution is 7.16. The van der Waals surface area contributed by atoms with E-state index in [2.05, 4.69) is 10.5 Å². The highest BCUT2D eigenvalue weighted by atomic mass is 35.5. The average Bonchev–Trinajstić information content (AvgIpc) is 2.84. The first kappa shape index (κ1) is 15.4. The van der Waals surface area contributed by atoms with E-state index in [1.807, 2.05) is 0 Å². The van der Waals surface area contributed by atoms with Gasteiger partial charge in [-0.1, -0.05) is 16.8 Å². The van der Waals surface area contributed by atoms with Gasteiger partial charge in [-0.15, -0.1) is 11.3 Å². The summed E-state index contributed by atoms with van der Waals surface area (Å²) in [4.78, 5) is 17.2. The molecule has 1 aromatic carbocycles. The molecule has 21 heavy (non-hydrogen) atoms. The molecule has 0 saturated heterocycles. The molecule has 4 nitrogen and oxygen atoms in total. The molecule has 0 aliphatic carbocycles. The predicted octanol–water partition coefficient (Wildman–Crippen LogP) is 3.82. The molecule has 1 aromatic heterocycles. The van der Waals surface area contributed by atoms with Crippen molar-refractivity contribution in [1.82, 2.24) is 0 Å². The molecule has 2 aromatic rings. The Bertz CT molecular complexity index is 676. The molecule has 0 aliphatic heterocycles. The molecule has 1 heterocycles. The van der Waals surface area contributed by atoms with Gasteiger partial charge in [-0.25, -0.2) is 8.78 Å². The van der Waals surface area contributed by atoms with Gasteiger partial charge in [-0.05, 0) is 24.3 Å². The minimum absolute atomic E-state index is 0.141. The van der Waals surface area contributed by atoms with E-state index in [9.17, 15) is 13.6 Å². The second-order valence-electron chi connectivity index (χ2n) is 3.83. The molecular weight excluding hydrogens is 322 g/mol. The fourth-order valence-corrected chi connectivity index (χ4v) is 2.37. The van der Waals surface area contributed by atoms with Gasteiger partial charge in [0.2, 0.25) is 0 Å². The quantitative estimate of drug-likeness (QED) is 0.669. The van der Waals surface area contributed by atoms with Crippen LogP contribution in [-0.2, 0) is 16.2 Å². The first-order chi connectivity index (χ1) is 10.0. The van der Waals surface area contributed by atoms with Crippen LogP contribution in [0.4, 0.5) is 14.5 Å². The molecule has 0 bridgehead atoms. The maximum Gasteiger partial charge on any atom is 0.270 e. The topological polar surface area (TPSA) is 50.7 Å². The summed E-state index contributed by atoms with van der Waals surface area (Å²) < 4.78 is 26.6. The molecule has 0 unspecified atom stereocenters. The van der Waals surface area contributed by atoms with Crippen LogP contribution < -0.4 is 5.32 Å². The number of halogens is 3. The minimum Gasteiger partial charge on any atom is -0.390 e. The Morgan fingerprint density at radius 3 is 2.86 bits per heavy atom. The molecule has 1 N–H and O–H groups in total. The van der Waals surface area contributed by atoms with Crippen LogP contribution in [0.2, 0.25) is 4.34 Å². The molecule has 8 heteroatoms. The lowest BCUT2D eigenvalue weighted by molar-refractivity contribution is -0.110. The van der Waals surface area contributed by atoms with Gasteiger partial charge in [0.05, 0.1) is 10.0 Å². The normalized spacial score (nSPS) is 10.8. The van der Waals surface area contributed by atoms with Gasteiger partial charge in [-0.2, -0.15) is 0 Å². The molecule has 1 amide bonds. The van der Waals surface area contributed by atoms with Crippen molar-refractivity contribution in [2.75, 3.05) is 5.32 Å². The predicted molar refractivity (Wildman–Crippen MR) is 77.6 cm³/mol. The summed E-state index contributed by atoms with van der Waals surface area (Å²) in [6.07, 6.45) is 0.859. The molecule has 0 atom stereocenters. The Morgan fingerprint density at radius 1 is 1.38 bits per heavy atom. The Kier molecular flexibility index (Phi) is 5.24. The molecular formula is C13H9ClF2N2O2S. The number of carbonyl (C=O) groups is 1. The number of hydrogen-bond donors (Lipinski definition) is 1. The zero-order chi connectivity index (χ0) is 15.2. The lowest BCUT2D eigenvalue weighted by atomic mass is 10.3. The van der Waals surface area contributed by atoms with Gasteiger partial charge >= 0.3 is 0 Å². The minimum atomic E-state index is -0.870. The number of hydrogen-bond acceptors (Lipinski definition) is 4. The molecule has 2 rings (SSSR count). The third kappa shape index (κ3) is 4.80. The van der Waals surface area contributed by atoms with E-state index >= 15 is 0 Å². The highest BCUT2D eigenvalue weighted by Gasteiger charge is 2.06. The number of oxime groups is 1. The van der Waals surface area contributed by atoms with Crippen molar-refractivity contribution in [3.8, 4) is 0 Å². The second-order valence-corrected chi connectivity index (χ2v) is 5.63. The van der Waals surface area contributed by atoms with E-state index in [-0.39, 0.29) is 12.3 Å². The van der Waals surface area contributed by atoms with Crippen LogP contribution in [-0.4, -0.2) is 12.1 Å². The standard InChI is InChI=1S/C13H9ClF2N2O2S/c14-12-4-2-9(21-12)7-20-17-6-13(19)18-11-3-1-8(15)5-10(11)16/h1-6H,7H2,(H,18,19)/b17-6+. The van der Waals surface area contributed by atoms with Gasteiger partial charge in [0.1, 0.15) is 17.8 Å². The molecule has 0 spiro atoms. The maximum atomic E-state index is 13.3. The summed E-state index contributed by atoms with van der Waals surface area (Å²) in [6.45, 7) is 0.173. The largest absolute Gasteiger partial charge is 0.390 e. The molecule has 0 fully saturated rings. The summed E-state index contributed by atoms with van der Waals surface area (Å²) in [7, 11) is 0. The SMILES string of the molecule is O=C(/C=N/OCc1ccc(Cl)s1)Nc1ccc(F)cc1F. The van der Waals surface area contributed by atoms with Gasteiger partial charge in [0.15, 0.2) is 6.61 Å². The average molecular weight is 331 g/mol. The van der Waals surface area contributed by atoms with Crippen molar-refractivity contribution in [1.29, 1.82) is 0 Å². The summed E-state index contributed by atoms with van der Waals surface area (Å²) in [5.41, 5.74) is -0.141. The molecule has 110 valence electrons. The number of amides is 1. The van der Waals surface area contributed by atoms with Gasteiger partial charge in [0, 0.05) is 10.9 Å². The molecule has 0 saturated carbocycles. The van der Waals surface area contributed by atoms with Gasteiger partial charge in [-0.3, -0.25) is 4.79 Å². The van der Waals surface area contributed by atoms with E-state index in [1.54, 1.807) is 12.1 Å². The van der Waals surface area contributed by atoms with Gasteiger partial charge in [0.25, 0.3) is 5.91 Å². The van der Waals surface area contributed by atoms with E-state index < -0.39 is 17.5 Å². The zero-order valence-corrected chi connectivity index (χ0v) is 12.0. The Hall–Kier alpha value is -1.99. The summed E-state index contributed by atoms with van der Waals surface area (Å²) in [6, 6.07) is 6.32. The number of anilines is 1. The monoisotopic (exact) mass is 330 g/mol. The Labute approximate surface area is 128 Å². The van der Waals surface area contributed by atoms with Crippen molar-refractivity contribution in [2.24, 2.45) is 5.16 Å². The van der Waals surface area contributed by atoms with E-state index in [0.717, 1.165) is 23.2 Å². The van der Waals surface area contributed by atoms with Crippen molar-refractivity contribution < 1.29 is 18.4 Å². The molecule has 0 radical (unpaired) electrons. The van der Waals surface area contributed by atoms with Crippen LogP contribution in [0.25, 0.3) is 0 Å². The van der Waals surface area contributed by atoms with Crippen molar-refractivity contribution in [3.05, 3.63) is 51.2 Å². The summed E-state index contributed by atoms with van der Waals surface area (Å²) >= 11 is 7.07. The first-order valence-corrected chi connectivity index (χ1v) is 6.89. The van der Waals surface area contributed by atoms with Gasteiger partial charge < -0.3 is 10.2 Å². The number of nitrogens with zero attached hydrogens (tertiary/aromatic N) is 1. The third-order valence-corrected chi connectivity index (χ3v) is 3.47. The first-order valence-electron chi connectivity index (χ1n) is 5.70. The van der Waals surface area contributed by atoms with Crippen LogP contribution >= 0.6 is 22.9 Å². The number of benzene rings is 1. The number of nitrogens with one attached hydrogen (secondary N) is 1. The van der Waals surface area contributed by atoms with Crippen LogP contribution in [0.5, 0.6) is 0 Å². The van der Waals surface area contributed by atoms with Crippen molar-refractivity contribution >= 4 is 40.7 Å². The summed E-state index contributed by atoms with van der Waals surface area (Å²) in [5, 5.41) is 5.66. The second kappa shape index (κ2) is 7.14. The zero-order valence-electron chi connectivity index (χ0n) is 10.5. The van der Waals surface area contributed by atoms with E-state index in [4.69, 9.17) is 16.4 Å². The fourth-order valence-electron chi connectivity index (χ4n) is 1.37. The third-order valence-electron chi connectivity index (χ3n) is 2.27. The lowest BCUT2D eigenvalue weighted by Crippen LogP contribution is -2.14. The number of rotatable bonds is 5. The van der Waals surface area contributed by atoms with E-state index in [0.29, 0.717) is 10.4 Å². The van der Waals surface area contributed by atoms with Crippen molar-refractivity contribution in [3.63, 3.8) is 0 Å². The highest BCUT2D eigenvalue weighted by Crippen LogP contribution is 2.21. The number of carbonyl (C=O) groups excluding carboxylic acids is 1. The van der Waals surface area contributed by atoms with Crippen LogP contribution in [0, 0.1) is 11.6 Å². The Balaban J connectivity index is 1.82. The van der Waals surface area contributed by atoms with E-state index in [1.165, 1.54) is 11.3 Å². The molecule has 0 aliphatic rings. The fraction of sp³-hybridized carbons (Fsp3) is 0.0769. The number of thiophene rings is 1. The Morgan fingerprint density at radius 2 is 2.19 bits per heavy atom. The lowest BCUT2D eigenvalue weighted by Gasteiger charge is -2.03.